The van der Waals surface area contributed by atoms with Gasteiger partial charge >= 0.3 is 7.60 Å². The summed E-state index contributed by atoms with van der Waals surface area (Å²) in [7, 11) is -5.50. The van der Waals surface area contributed by atoms with Gasteiger partial charge in [0.1, 0.15) is 12.7 Å². The normalized spacial score (nSPS) is 17.1. The summed E-state index contributed by atoms with van der Waals surface area (Å²) in [5.74, 6) is -0.457. The fourth-order valence-corrected chi connectivity index (χ4v) is 4.65. The second-order valence-electron chi connectivity index (χ2n) is 6.37. The molecular formula is C18H25F2N2O7P2S+. The first kappa shape index (κ1) is 28.4. The molecule has 1 amide bonds. The van der Waals surface area contributed by atoms with E-state index >= 15 is 0 Å². The number of allylic oxidation sites excluding steroid dienone is 2. The maximum absolute atomic E-state index is 12.4. The maximum Gasteiger partial charge on any atom is 0.395 e. The number of aliphatic hydroxyl groups is 2. The van der Waals surface area contributed by atoms with Crippen molar-refractivity contribution in [2.45, 2.75) is 22.5 Å². The molecule has 0 spiro atoms. The number of aliphatic hydroxyl groups excluding tert-OH is 1. The summed E-state index contributed by atoms with van der Waals surface area (Å²) in [6.07, 6.45) is 3.36. The van der Waals surface area contributed by atoms with Crippen molar-refractivity contribution in [1.29, 1.82) is 0 Å². The standard InChI is InChI=1S/C18H24F2N2O7P2S/c1-30-18(25,31(26,27)29-19)10-13(6-8-21)7-9-28-12-15(23)11-22-17(24)14-2-4-16(32-20)5-3-14/h2-9,15,21,23,25,30H,10-12H2,1H3,(H,22,24)(H,26,27)/p+1/b9-7-,13-6+,21-8?. The SMILES string of the molecule is CPC(O)(CC(/C=C\OCC(O)CNC(=O)c1ccc(SF)cc1)=C/C=[NH2+])P(=O)(O)OF. The van der Waals surface area contributed by atoms with Crippen LogP contribution in [0.2, 0.25) is 0 Å². The summed E-state index contributed by atoms with van der Waals surface area (Å²) in [5, 5.41) is 25.7. The Kier molecular flexibility index (Phi) is 12.2. The van der Waals surface area contributed by atoms with Gasteiger partial charge in [-0.25, -0.2) is 0 Å². The van der Waals surface area contributed by atoms with Gasteiger partial charge in [-0.2, -0.15) is 3.89 Å². The van der Waals surface area contributed by atoms with Crippen LogP contribution < -0.4 is 10.7 Å². The first-order valence-corrected chi connectivity index (χ1v) is 12.8. The number of halogens is 2. The summed E-state index contributed by atoms with van der Waals surface area (Å²) in [4.78, 5) is 21.9. The van der Waals surface area contributed by atoms with Crippen LogP contribution >= 0.6 is 28.3 Å². The topological polar surface area (TPSA) is 151 Å². The Bertz CT molecular complexity index is 873. The van der Waals surface area contributed by atoms with Gasteiger partial charge in [0, 0.05) is 29.5 Å². The van der Waals surface area contributed by atoms with Gasteiger partial charge in [-0.15, -0.1) is 4.73 Å². The molecule has 1 aromatic carbocycles. The highest BCUT2D eigenvalue weighted by Gasteiger charge is 2.47. The first-order valence-electron chi connectivity index (χ1n) is 9.04. The molecule has 0 aromatic heterocycles. The summed E-state index contributed by atoms with van der Waals surface area (Å²) in [5.41, 5.74) is 0.527. The van der Waals surface area contributed by atoms with Gasteiger partial charge in [0.25, 0.3) is 5.91 Å². The Balaban J connectivity index is 2.57. The minimum Gasteiger partial charge on any atom is -0.498 e. The van der Waals surface area contributed by atoms with Gasteiger partial charge in [-0.3, -0.25) is 14.8 Å². The Morgan fingerprint density at radius 2 is 2.09 bits per heavy atom. The number of carbonyl (C=O) groups is 1. The van der Waals surface area contributed by atoms with E-state index in [0.29, 0.717) is 10.5 Å². The van der Waals surface area contributed by atoms with E-state index in [9.17, 15) is 32.9 Å². The molecule has 0 radical (unpaired) electrons. The molecule has 0 fully saturated rings. The van der Waals surface area contributed by atoms with E-state index in [1.807, 2.05) is 0 Å². The minimum atomic E-state index is -4.95. The zero-order chi connectivity index (χ0) is 24.2. The van der Waals surface area contributed by atoms with Crippen LogP contribution in [-0.2, 0) is 14.0 Å². The number of amides is 1. The number of hydrogen-bond acceptors (Lipinski definition) is 7. The Morgan fingerprint density at radius 1 is 1.44 bits per heavy atom. The minimum absolute atomic E-state index is 0.0597. The molecule has 1 rings (SSSR count). The number of carbonyl (C=O) groups excluding carboxylic acids is 1. The van der Waals surface area contributed by atoms with Crippen LogP contribution in [0.4, 0.5) is 8.41 Å². The third kappa shape index (κ3) is 8.71. The monoisotopic (exact) mass is 513 g/mol. The van der Waals surface area contributed by atoms with Gasteiger partial charge in [0.05, 0.1) is 18.4 Å². The van der Waals surface area contributed by atoms with E-state index in [0.717, 1.165) is 12.5 Å². The molecule has 4 unspecified atom stereocenters. The quantitative estimate of drug-likeness (QED) is 0.109. The Hall–Kier alpha value is -1.65. The molecule has 6 N–H and O–H groups in total. The molecular weight excluding hydrogens is 488 g/mol. The van der Waals surface area contributed by atoms with Crippen LogP contribution in [0.25, 0.3) is 0 Å². The molecule has 0 heterocycles. The third-order valence-corrected chi connectivity index (χ3v) is 8.32. The summed E-state index contributed by atoms with van der Waals surface area (Å²) >= 11 is 0.0597. The van der Waals surface area contributed by atoms with Crippen molar-refractivity contribution in [3.63, 3.8) is 0 Å². The van der Waals surface area contributed by atoms with Crippen LogP contribution in [0.15, 0.2) is 53.1 Å². The highest BCUT2D eigenvalue weighted by atomic mass is 32.2. The number of ether oxygens (including phenoxy) is 1. The van der Waals surface area contributed by atoms with Crippen molar-refractivity contribution in [2.24, 2.45) is 0 Å². The Morgan fingerprint density at radius 3 is 2.62 bits per heavy atom. The largest absolute Gasteiger partial charge is 0.498 e. The van der Waals surface area contributed by atoms with Crippen molar-refractivity contribution >= 4 is 40.4 Å². The highest BCUT2D eigenvalue weighted by Crippen LogP contribution is 2.63. The number of nitrogens with one attached hydrogen (secondary N) is 1. The molecule has 0 saturated heterocycles. The molecule has 0 bridgehead atoms. The molecule has 9 nitrogen and oxygen atoms in total. The predicted octanol–water partition coefficient (Wildman–Crippen LogP) is 1.47. The molecule has 32 heavy (non-hydrogen) atoms. The lowest BCUT2D eigenvalue weighted by molar-refractivity contribution is -0.104. The van der Waals surface area contributed by atoms with Crippen LogP contribution in [-0.4, -0.2) is 58.2 Å². The summed E-state index contributed by atoms with van der Waals surface area (Å²) < 4.78 is 44.8. The lowest BCUT2D eigenvalue weighted by Crippen LogP contribution is -2.34. The predicted molar refractivity (Wildman–Crippen MR) is 119 cm³/mol. The fraction of sp³-hybridized carbons (Fsp3) is 0.333. The van der Waals surface area contributed by atoms with Gasteiger partial charge in [0.15, 0.2) is 11.3 Å². The molecule has 4 atom stereocenters. The number of benzene rings is 1. The van der Waals surface area contributed by atoms with E-state index in [1.165, 1.54) is 43.1 Å². The lowest BCUT2D eigenvalue weighted by atomic mass is 10.2. The zero-order valence-corrected chi connectivity index (χ0v) is 19.7. The van der Waals surface area contributed by atoms with Crippen molar-refractivity contribution in [3.8, 4) is 0 Å². The lowest BCUT2D eigenvalue weighted by Gasteiger charge is -2.28. The molecule has 0 aliphatic carbocycles. The number of rotatable bonds is 14. The van der Waals surface area contributed by atoms with E-state index < -0.39 is 39.7 Å². The van der Waals surface area contributed by atoms with Gasteiger partial charge in [-0.05, 0) is 47.1 Å². The molecule has 1 aromatic rings. The second kappa shape index (κ2) is 13.8. The average Bonchev–Trinajstić information content (AvgIpc) is 2.80. The smallest absolute Gasteiger partial charge is 0.395 e. The number of hydrogen-bond donors (Lipinski definition) is 5. The van der Waals surface area contributed by atoms with Gasteiger partial charge in [0.2, 0.25) is 0 Å². The number of nitrogens with two attached hydrogens (primary N) is 1. The van der Waals surface area contributed by atoms with Crippen LogP contribution in [0, 0.1) is 0 Å². The van der Waals surface area contributed by atoms with E-state index in [4.69, 9.17) is 10.1 Å². The molecule has 0 saturated carbocycles. The second-order valence-corrected chi connectivity index (χ2v) is 10.7. The zero-order valence-electron chi connectivity index (χ0n) is 17.0. The maximum atomic E-state index is 12.4. The van der Waals surface area contributed by atoms with Crippen molar-refractivity contribution in [2.75, 3.05) is 19.8 Å². The molecule has 0 aliphatic heterocycles. The summed E-state index contributed by atoms with van der Waals surface area (Å²) in [6.45, 7) is 1.08. The Labute approximate surface area is 189 Å². The van der Waals surface area contributed by atoms with E-state index in [1.54, 1.807) is 0 Å². The average molecular weight is 513 g/mol. The van der Waals surface area contributed by atoms with Gasteiger partial charge < -0.3 is 25.2 Å². The summed E-state index contributed by atoms with van der Waals surface area (Å²) in [6, 6.07) is 5.79. The van der Waals surface area contributed by atoms with Crippen molar-refractivity contribution in [3.05, 3.63) is 53.8 Å². The van der Waals surface area contributed by atoms with Crippen LogP contribution in [0.5, 0.6) is 0 Å². The third-order valence-electron chi connectivity index (χ3n) is 4.09. The van der Waals surface area contributed by atoms with Crippen LogP contribution in [0.1, 0.15) is 16.8 Å². The van der Waals surface area contributed by atoms with Crippen molar-refractivity contribution in [1.82, 2.24) is 5.32 Å². The molecule has 14 heteroatoms. The van der Waals surface area contributed by atoms with Crippen LogP contribution in [0.3, 0.4) is 0 Å². The highest BCUT2D eigenvalue weighted by molar-refractivity contribution is 7.94. The molecule has 0 aliphatic rings. The fourth-order valence-electron chi connectivity index (χ4n) is 2.30. The molecule has 178 valence electrons. The van der Waals surface area contributed by atoms with E-state index in [2.05, 4.69) is 10.0 Å². The van der Waals surface area contributed by atoms with Crippen molar-refractivity contribution < 1.29 is 47.8 Å². The van der Waals surface area contributed by atoms with E-state index in [-0.39, 0.29) is 30.9 Å². The first-order chi connectivity index (χ1) is 15.1. The van der Waals surface area contributed by atoms with Gasteiger partial charge in [-0.1, -0.05) is 8.58 Å².